The van der Waals surface area contributed by atoms with Gasteiger partial charge in [-0.1, -0.05) is 0 Å². The van der Waals surface area contributed by atoms with Crippen molar-refractivity contribution in [2.45, 2.75) is 24.8 Å². The van der Waals surface area contributed by atoms with Crippen molar-refractivity contribution in [2.24, 2.45) is 0 Å². The first-order chi connectivity index (χ1) is 8.90. The topological polar surface area (TPSA) is 100 Å². The Bertz CT molecular complexity index is 545. The molecular weight excluding hydrogens is 268 g/mol. The maximum absolute atomic E-state index is 12.1. The highest BCUT2D eigenvalue weighted by Crippen LogP contribution is 2.12. The Morgan fingerprint density at radius 2 is 2.16 bits per heavy atom. The predicted molar refractivity (Wildman–Crippen MR) is 72.3 cm³/mol. The number of hydrogen-bond donors (Lipinski definition) is 3. The van der Waals surface area contributed by atoms with E-state index in [1.54, 1.807) is 14.0 Å². The summed E-state index contributed by atoms with van der Waals surface area (Å²) >= 11 is 0. The van der Waals surface area contributed by atoms with Gasteiger partial charge in [-0.2, -0.15) is 4.72 Å². The number of aromatic nitrogens is 1. The molecule has 0 aliphatic heterocycles. The Morgan fingerprint density at radius 3 is 2.74 bits per heavy atom. The van der Waals surface area contributed by atoms with Crippen molar-refractivity contribution in [3.8, 4) is 0 Å². The van der Waals surface area contributed by atoms with E-state index >= 15 is 0 Å². The van der Waals surface area contributed by atoms with Crippen LogP contribution in [0.5, 0.6) is 0 Å². The molecule has 1 aromatic rings. The SMILES string of the molecule is CCNC(=O)C(C)NS(=O)(=O)c1ccnc(NC)c1. The molecule has 0 radical (unpaired) electrons. The molecule has 19 heavy (non-hydrogen) atoms. The molecule has 1 rings (SSSR count). The molecule has 1 heterocycles. The van der Waals surface area contributed by atoms with Crippen LogP contribution in [0.1, 0.15) is 13.8 Å². The highest BCUT2D eigenvalue weighted by atomic mass is 32.2. The monoisotopic (exact) mass is 286 g/mol. The fourth-order valence-electron chi connectivity index (χ4n) is 1.40. The van der Waals surface area contributed by atoms with Gasteiger partial charge in [0.2, 0.25) is 15.9 Å². The van der Waals surface area contributed by atoms with E-state index in [2.05, 4.69) is 20.3 Å². The number of carbonyl (C=O) groups is 1. The van der Waals surface area contributed by atoms with Crippen molar-refractivity contribution < 1.29 is 13.2 Å². The minimum absolute atomic E-state index is 0.0583. The smallest absolute Gasteiger partial charge is 0.241 e. The second kappa shape index (κ2) is 6.48. The fraction of sp³-hybridized carbons (Fsp3) is 0.455. The first kappa shape index (κ1) is 15.4. The zero-order valence-electron chi connectivity index (χ0n) is 11.1. The number of hydrogen-bond acceptors (Lipinski definition) is 5. The van der Waals surface area contributed by atoms with E-state index in [0.29, 0.717) is 12.4 Å². The number of anilines is 1. The third-order valence-electron chi connectivity index (χ3n) is 2.37. The number of amides is 1. The average Bonchev–Trinajstić information content (AvgIpc) is 2.38. The van der Waals surface area contributed by atoms with E-state index in [4.69, 9.17) is 0 Å². The van der Waals surface area contributed by atoms with Gasteiger partial charge in [-0.3, -0.25) is 4.79 Å². The zero-order chi connectivity index (χ0) is 14.5. The lowest BCUT2D eigenvalue weighted by atomic mass is 10.3. The largest absolute Gasteiger partial charge is 0.373 e. The fourth-order valence-corrected chi connectivity index (χ4v) is 2.61. The molecule has 1 atom stereocenters. The first-order valence-corrected chi connectivity index (χ1v) is 7.33. The van der Waals surface area contributed by atoms with Gasteiger partial charge in [-0.05, 0) is 19.9 Å². The van der Waals surface area contributed by atoms with Crippen LogP contribution in [0, 0.1) is 0 Å². The lowest BCUT2D eigenvalue weighted by Crippen LogP contribution is -2.44. The molecule has 106 valence electrons. The summed E-state index contributed by atoms with van der Waals surface area (Å²) in [5, 5.41) is 5.30. The van der Waals surface area contributed by atoms with Crippen LogP contribution in [0.2, 0.25) is 0 Å². The molecule has 0 bridgehead atoms. The van der Waals surface area contributed by atoms with Gasteiger partial charge in [0.1, 0.15) is 5.82 Å². The van der Waals surface area contributed by atoms with Crippen LogP contribution in [0.4, 0.5) is 5.82 Å². The Balaban J connectivity index is 2.89. The third-order valence-corrected chi connectivity index (χ3v) is 3.91. The Labute approximate surface area is 112 Å². The van der Waals surface area contributed by atoms with Gasteiger partial charge < -0.3 is 10.6 Å². The van der Waals surface area contributed by atoms with Gasteiger partial charge >= 0.3 is 0 Å². The lowest BCUT2D eigenvalue weighted by molar-refractivity contribution is -0.122. The van der Waals surface area contributed by atoms with Gasteiger partial charge in [0.25, 0.3) is 0 Å². The van der Waals surface area contributed by atoms with E-state index in [1.165, 1.54) is 25.3 Å². The molecule has 0 fully saturated rings. The van der Waals surface area contributed by atoms with Gasteiger partial charge in [-0.25, -0.2) is 13.4 Å². The highest BCUT2D eigenvalue weighted by molar-refractivity contribution is 7.89. The van der Waals surface area contributed by atoms with Crippen molar-refractivity contribution in [1.82, 2.24) is 15.0 Å². The summed E-state index contributed by atoms with van der Waals surface area (Å²) in [5.74, 6) is 0.0718. The predicted octanol–water partition coefficient (Wildman–Crippen LogP) is -0.0738. The van der Waals surface area contributed by atoms with Gasteiger partial charge in [0.15, 0.2) is 0 Å². The maximum Gasteiger partial charge on any atom is 0.241 e. The molecule has 8 heteroatoms. The summed E-state index contributed by atoms with van der Waals surface area (Å²) in [5.41, 5.74) is 0. The van der Waals surface area contributed by atoms with Gasteiger partial charge in [-0.15, -0.1) is 0 Å². The second-order valence-electron chi connectivity index (χ2n) is 3.86. The molecule has 0 aliphatic carbocycles. The number of rotatable bonds is 6. The van der Waals surface area contributed by atoms with Gasteiger partial charge in [0, 0.05) is 25.9 Å². The number of carbonyl (C=O) groups excluding carboxylic acids is 1. The number of nitrogens with zero attached hydrogens (tertiary/aromatic N) is 1. The third kappa shape index (κ3) is 4.18. The molecule has 3 N–H and O–H groups in total. The molecule has 0 spiro atoms. The normalized spacial score (nSPS) is 12.8. The molecule has 0 saturated heterocycles. The maximum atomic E-state index is 12.1. The molecule has 1 unspecified atom stereocenters. The minimum atomic E-state index is -3.75. The Morgan fingerprint density at radius 1 is 1.47 bits per heavy atom. The highest BCUT2D eigenvalue weighted by Gasteiger charge is 2.21. The van der Waals surface area contributed by atoms with Crippen molar-refractivity contribution in [3.05, 3.63) is 18.3 Å². The minimum Gasteiger partial charge on any atom is -0.373 e. The molecule has 0 saturated carbocycles. The first-order valence-electron chi connectivity index (χ1n) is 5.84. The molecule has 1 aromatic heterocycles. The number of likely N-dealkylation sites (N-methyl/N-ethyl adjacent to an activating group) is 1. The number of pyridine rings is 1. The summed E-state index contributed by atoms with van der Waals surface area (Å²) in [6.07, 6.45) is 1.39. The van der Waals surface area contributed by atoms with Crippen molar-refractivity contribution >= 4 is 21.7 Å². The Hall–Kier alpha value is -1.67. The van der Waals surface area contributed by atoms with Gasteiger partial charge in [0.05, 0.1) is 10.9 Å². The van der Waals surface area contributed by atoms with E-state index < -0.39 is 16.1 Å². The van der Waals surface area contributed by atoms with E-state index in [9.17, 15) is 13.2 Å². The van der Waals surface area contributed by atoms with Crippen molar-refractivity contribution in [3.63, 3.8) is 0 Å². The number of sulfonamides is 1. The molecule has 1 amide bonds. The van der Waals surface area contributed by atoms with E-state index in [1.807, 2.05) is 0 Å². The van der Waals surface area contributed by atoms with E-state index in [-0.39, 0.29) is 10.8 Å². The summed E-state index contributed by atoms with van der Waals surface area (Å²) in [6, 6.07) is 1.93. The molecular formula is C11H18N4O3S. The van der Waals surface area contributed by atoms with Crippen LogP contribution in [0.15, 0.2) is 23.2 Å². The van der Waals surface area contributed by atoms with Crippen LogP contribution < -0.4 is 15.4 Å². The van der Waals surface area contributed by atoms with Crippen LogP contribution in [0.25, 0.3) is 0 Å². The van der Waals surface area contributed by atoms with Crippen LogP contribution in [-0.4, -0.2) is 38.9 Å². The molecule has 0 aliphatic rings. The standard InChI is InChI=1S/C11H18N4O3S/c1-4-13-11(16)8(2)15-19(17,18)9-5-6-14-10(7-9)12-3/h5-8,15H,4H2,1-3H3,(H,12,14)(H,13,16). The van der Waals surface area contributed by atoms with Crippen LogP contribution in [-0.2, 0) is 14.8 Å². The zero-order valence-corrected chi connectivity index (χ0v) is 11.9. The number of nitrogens with one attached hydrogen (secondary N) is 3. The lowest BCUT2D eigenvalue weighted by Gasteiger charge is -2.14. The molecule has 0 aromatic carbocycles. The summed E-state index contributed by atoms with van der Waals surface area (Å²) in [7, 11) is -2.10. The van der Waals surface area contributed by atoms with Crippen molar-refractivity contribution in [2.75, 3.05) is 18.9 Å². The van der Waals surface area contributed by atoms with Crippen LogP contribution >= 0.6 is 0 Å². The summed E-state index contributed by atoms with van der Waals surface area (Å²) in [4.78, 5) is 15.5. The summed E-state index contributed by atoms with van der Waals surface area (Å²) < 4.78 is 26.5. The van der Waals surface area contributed by atoms with Crippen molar-refractivity contribution in [1.29, 1.82) is 0 Å². The summed E-state index contributed by atoms with van der Waals surface area (Å²) in [6.45, 7) is 3.70. The van der Waals surface area contributed by atoms with Crippen LogP contribution in [0.3, 0.4) is 0 Å². The quantitative estimate of drug-likeness (QED) is 0.679. The van der Waals surface area contributed by atoms with E-state index in [0.717, 1.165) is 0 Å². The average molecular weight is 286 g/mol. The second-order valence-corrected chi connectivity index (χ2v) is 5.58. The Kier molecular flexibility index (Phi) is 5.25. The molecule has 7 nitrogen and oxygen atoms in total.